The van der Waals surface area contributed by atoms with Crippen molar-refractivity contribution in [3.8, 4) is 0 Å². The Morgan fingerprint density at radius 2 is 1.56 bits per heavy atom. The minimum atomic E-state index is -0.501. The molecule has 27 heavy (non-hydrogen) atoms. The summed E-state index contributed by atoms with van der Waals surface area (Å²) in [5.74, 6) is -0.480. The Morgan fingerprint density at radius 1 is 1.00 bits per heavy atom. The second-order valence-electron chi connectivity index (χ2n) is 8.30. The summed E-state index contributed by atoms with van der Waals surface area (Å²) in [6, 6.07) is 0.0185. The van der Waals surface area contributed by atoms with Gasteiger partial charge in [0.25, 0.3) is 11.8 Å². The predicted molar refractivity (Wildman–Crippen MR) is 107 cm³/mol. The minimum absolute atomic E-state index is 0.0258. The Labute approximate surface area is 161 Å². The highest BCUT2D eigenvalue weighted by atomic mass is 16.2. The third-order valence-corrected chi connectivity index (χ3v) is 4.75. The van der Waals surface area contributed by atoms with Crippen molar-refractivity contribution in [2.24, 2.45) is 5.92 Å². The molecule has 6 heteroatoms. The van der Waals surface area contributed by atoms with Gasteiger partial charge < -0.3 is 15.2 Å². The molecule has 0 atom stereocenters. The summed E-state index contributed by atoms with van der Waals surface area (Å²) >= 11 is 0. The lowest BCUT2D eigenvalue weighted by Gasteiger charge is -2.18. The maximum absolute atomic E-state index is 12.8. The van der Waals surface area contributed by atoms with Gasteiger partial charge in [-0.05, 0) is 32.6 Å². The van der Waals surface area contributed by atoms with Crippen LogP contribution in [0.3, 0.4) is 0 Å². The molecule has 1 aliphatic carbocycles. The fourth-order valence-electron chi connectivity index (χ4n) is 3.51. The molecule has 1 aromatic heterocycles. The van der Waals surface area contributed by atoms with Crippen LogP contribution in [-0.4, -0.2) is 28.5 Å². The van der Waals surface area contributed by atoms with Crippen molar-refractivity contribution in [2.75, 3.05) is 0 Å². The molecule has 0 aromatic carbocycles. The van der Waals surface area contributed by atoms with E-state index in [1.807, 2.05) is 13.8 Å². The van der Waals surface area contributed by atoms with Crippen LogP contribution in [0.15, 0.2) is 17.2 Å². The van der Waals surface area contributed by atoms with E-state index < -0.39 is 11.3 Å². The van der Waals surface area contributed by atoms with Crippen LogP contribution < -0.4 is 16.1 Å². The van der Waals surface area contributed by atoms with Crippen LogP contribution in [0.4, 0.5) is 0 Å². The van der Waals surface area contributed by atoms with Gasteiger partial charge in [-0.25, -0.2) is 0 Å². The van der Waals surface area contributed by atoms with Gasteiger partial charge in [-0.15, -0.1) is 0 Å². The molecule has 1 heterocycles. The van der Waals surface area contributed by atoms with E-state index in [2.05, 4.69) is 24.5 Å². The topological polar surface area (TPSA) is 80.2 Å². The van der Waals surface area contributed by atoms with Crippen molar-refractivity contribution in [3.63, 3.8) is 0 Å². The van der Waals surface area contributed by atoms with E-state index in [0.29, 0.717) is 12.5 Å². The number of hydrogen-bond donors (Lipinski definition) is 2. The molecule has 1 saturated carbocycles. The molecular weight excluding hydrogens is 342 g/mol. The summed E-state index contributed by atoms with van der Waals surface area (Å²) in [6.07, 6.45) is 9.61. The van der Waals surface area contributed by atoms with E-state index in [1.54, 1.807) is 17.0 Å². The number of carbonyl (C=O) groups excluding carboxylic acids is 2. The second-order valence-corrected chi connectivity index (χ2v) is 8.30. The van der Waals surface area contributed by atoms with Crippen molar-refractivity contribution in [2.45, 2.75) is 84.8 Å². The van der Waals surface area contributed by atoms with Gasteiger partial charge in [0.1, 0.15) is 11.1 Å². The normalized spacial score (nSPS) is 15.6. The summed E-state index contributed by atoms with van der Waals surface area (Å²) in [4.78, 5) is 38.1. The van der Waals surface area contributed by atoms with E-state index in [9.17, 15) is 14.4 Å². The lowest BCUT2D eigenvalue weighted by atomic mass is 10.1. The first kappa shape index (κ1) is 21.2. The largest absolute Gasteiger partial charge is 0.352 e. The lowest BCUT2D eigenvalue weighted by molar-refractivity contribution is 0.0931. The van der Waals surface area contributed by atoms with Crippen LogP contribution in [0.1, 0.15) is 86.9 Å². The van der Waals surface area contributed by atoms with Crippen LogP contribution >= 0.6 is 0 Å². The fraction of sp³-hybridized carbons (Fsp3) is 0.667. The molecule has 6 nitrogen and oxygen atoms in total. The number of pyridine rings is 1. The number of hydrogen-bond acceptors (Lipinski definition) is 3. The first-order valence-electron chi connectivity index (χ1n) is 10.1. The highest BCUT2D eigenvalue weighted by Gasteiger charge is 2.22. The van der Waals surface area contributed by atoms with Gasteiger partial charge in [0.15, 0.2) is 0 Å². The monoisotopic (exact) mass is 375 g/mol. The molecule has 2 N–H and O–H groups in total. The molecule has 0 unspecified atom stereocenters. The zero-order valence-electron chi connectivity index (χ0n) is 17.0. The molecule has 0 spiro atoms. The molecule has 1 aliphatic rings. The van der Waals surface area contributed by atoms with Crippen molar-refractivity contribution in [1.29, 1.82) is 0 Å². The number of nitrogens with one attached hydrogen (secondary N) is 2. The number of carbonyl (C=O) groups is 2. The van der Waals surface area contributed by atoms with Gasteiger partial charge >= 0.3 is 0 Å². The quantitative estimate of drug-likeness (QED) is 0.750. The molecule has 0 radical (unpaired) electrons. The second kappa shape index (κ2) is 9.72. The summed E-state index contributed by atoms with van der Waals surface area (Å²) in [7, 11) is 0. The van der Waals surface area contributed by atoms with Gasteiger partial charge in [-0.1, -0.05) is 39.5 Å². The van der Waals surface area contributed by atoms with Crippen molar-refractivity contribution in [1.82, 2.24) is 15.2 Å². The van der Waals surface area contributed by atoms with Crippen LogP contribution in [0.2, 0.25) is 0 Å². The van der Waals surface area contributed by atoms with E-state index in [4.69, 9.17) is 0 Å². The Hall–Kier alpha value is -2.11. The van der Waals surface area contributed by atoms with Crippen LogP contribution in [-0.2, 0) is 6.54 Å². The smallest absolute Gasteiger partial charge is 0.256 e. The van der Waals surface area contributed by atoms with Crippen molar-refractivity contribution >= 4 is 11.8 Å². The first-order chi connectivity index (χ1) is 12.8. The van der Waals surface area contributed by atoms with Crippen LogP contribution in [0, 0.1) is 5.92 Å². The maximum Gasteiger partial charge on any atom is 0.256 e. The van der Waals surface area contributed by atoms with E-state index in [-0.39, 0.29) is 29.1 Å². The number of nitrogens with zero attached hydrogens (tertiary/aromatic N) is 1. The molecule has 2 rings (SSSR count). The molecule has 2 amide bonds. The maximum atomic E-state index is 12.8. The third kappa shape index (κ3) is 6.22. The molecule has 0 aliphatic heterocycles. The predicted octanol–water partition coefficient (Wildman–Crippen LogP) is 3.10. The Bertz CT molecular complexity index is 714. The van der Waals surface area contributed by atoms with Gasteiger partial charge in [0, 0.05) is 31.0 Å². The summed E-state index contributed by atoms with van der Waals surface area (Å²) in [5.41, 5.74) is -0.423. The standard InChI is InChI=1S/C21H33N3O3/c1-14(2)11-24-12-17(20(26)22-15(3)4)19(25)18(13-24)21(27)23-16-9-7-5-6-8-10-16/h12-16H,5-11H2,1-4H3,(H,22,26)(H,23,27). The minimum Gasteiger partial charge on any atom is -0.352 e. The van der Waals surface area contributed by atoms with Crippen molar-refractivity contribution < 1.29 is 9.59 Å². The van der Waals surface area contributed by atoms with E-state index >= 15 is 0 Å². The molecule has 1 fully saturated rings. The first-order valence-corrected chi connectivity index (χ1v) is 10.1. The van der Waals surface area contributed by atoms with Crippen molar-refractivity contribution in [3.05, 3.63) is 33.7 Å². The van der Waals surface area contributed by atoms with Gasteiger partial charge in [0.05, 0.1) is 0 Å². The van der Waals surface area contributed by atoms with Gasteiger partial charge in [0.2, 0.25) is 5.43 Å². The fourth-order valence-corrected chi connectivity index (χ4v) is 3.51. The zero-order valence-corrected chi connectivity index (χ0v) is 17.0. The average Bonchev–Trinajstić information content (AvgIpc) is 2.83. The number of aromatic nitrogens is 1. The number of amides is 2. The summed E-state index contributed by atoms with van der Waals surface area (Å²) in [6.45, 7) is 8.42. The van der Waals surface area contributed by atoms with Crippen LogP contribution in [0.25, 0.3) is 0 Å². The number of rotatable bonds is 6. The van der Waals surface area contributed by atoms with Gasteiger partial charge in [-0.2, -0.15) is 0 Å². The Kier molecular flexibility index (Phi) is 7.63. The van der Waals surface area contributed by atoms with Gasteiger partial charge in [-0.3, -0.25) is 14.4 Å². The molecule has 0 saturated heterocycles. The summed E-state index contributed by atoms with van der Waals surface area (Å²) in [5, 5.41) is 5.77. The zero-order chi connectivity index (χ0) is 20.0. The third-order valence-electron chi connectivity index (χ3n) is 4.75. The highest BCUT2D eigenvalue weighted by molar-refractivity contribution is 5.99. The summed E-state index contributed by atoms with van der Waals surface area (Å²) < 4.78 is 1.78. The SMILES string of the molecule is CC(C)Cn1cc(C(=O)NC(C)C)c(=O)c(C(=O)NC2CCCCCC2)c1. The highest BCUT2D eigenvalue weighted by Crippen LogP contribution is 2.17. The Morgan fingerprint density at radius 3 is 2.07 bits per heavy atom. The molecule has 1 aromatic rings. The Balaban J connectivity index is 2.33. The lowest BCUT2D eigenvalue weighted by Crippen LogP contribution is -2.40. The molecular formula is C21H33N3O3. The van der Waals surface area contributed by atoms with E-state index in [0.717, 1.165) is 25.7 Å². The molecule has 0 bridgehead atoms. The van der Waals surface area contributed by atoms with E-state index in [1.165, 1.54) is 12.8 Å². The van der Waals surface area contributed by atoms with Crippen LogP contribution in [0.5, 0.6) is 0 Å². The average molecular weight is 376 g/mol. The molecule has 150 valence electrons.